The van der Waals surface area contributed by atoms with Crippen LogP contribution >= 0.6 is 0 Å². The van der Waals surface area contributed by atoms with E-state index in [0.29, 0.717) is 24.2 Å². The molecule has 7 atom stereocenters. The highest BCUT2D eigenvalue weighted by Gasteiger charge is 2.55. The van der Waals surface area contributed by atoms with Gasteiger partial charge in [-0.3, -0.25) is 0 Å². The maximum absolute atomic E-state index is 13.8. The summed E-state index contributed by atoms with van der Waals surface area (Å²) in [5.41, 5.74) is 3.30. The van der Waals surface area contributed by atoms with Gasteiger partial charge in [0.05, 0.1) is 6.10 Å². The fourth-order valence-corrected chi connectivity index (χ4v) is 6.46. The summed E-state index contributed by atoms with van der Waals surface area (Å²) in [6, 6.07) is 0. The average Bonchev–Trinajstić information content (AvgIpc) is 2.76. The summed E-state index contributed by atoms with van der Waals surface area (Å²) in [5.74, 6) is 2.74. The van der Waals surface area contributed by atoms with E-state index in [0.717, 1.165) is 25.2 Å². The van der Waals surface area contributed by atoms with Crippen LogP contribution in [0.2, 0.25) is 0 Å². The molecule has 2 heteroatoms. The maximum atomic E-state index is 13.8. The van der Waals surface area contributed by atoms with E-state index in [1.807, 2.05) is 0 Å². The molecule has 1 nitrogen and oxygen atoms in total. The third-order valence-corrected chi connectivity index (χ3v) is 7.64. The molecule has 0 aromatic heterocycles. The van der Waals surface area contributed by atoms with Crippen molar-refractivity contribution in [3.05, 3.63) is 11.1 Å². The van der Waals surface area contributed by atoms with Gasteiger partial charge in [-0.15, -0.1) is 0 Å². The molecule has 0 heterocycles. The van der Waals surface area contributed by atoms with Crippen molar-refractivity contribution >= 4 is 0 Å². The molecule has 0 aliphatic heterocycles. The molecule has 0 amide bonds. The Morgan fingerprint density at radius 1 is 1.14 bits per heavy atom. The Kier molecular flexibility index (Phi) is 3.26. The van der Waals surface area contributed by atoms with Crippen molar-refractivity contribution in [3.63, 3.8) is 0 Å². The van der Waals surface area contributed by atoms with Crippen molar-refractivity contribution in [3.8, 4) is 0 Å². The predicted octanol–water partition coefficient (Wildman–Crippen LogP) is 4.65. The zero-order chi connectivity index (χ0) is 14.8. The van der Waals surface area contributed by atoms with Crippen LogP contribution < -0.4 is 0 Å². The third kappa shape index (κ3) is 1.97. The molecule has 0 unspecified atom stereocenters. The highest BCUT2D eigenvalue weighted by atomic mass is 19.1. The first kappa shape index (κ1) is 14.2. The zero-order valence-electron chi connectivity index (χ0n) is 13.4. The number of halogens is 1. The van der Waals surface area contributed by atoms with Gasteiger partial charge in [0.2, 0.25) is 0 Å². The van der Waals surface area contributed by atoms with E-state index in [1.54, 1.807) is 5.57 Å². The van der Waals surface area contributed by atoms with Gasteiger partial charge >= 0.3 is 0 Å². The van der Waals surface area contributed by atoms with Gasteiger partial charge in [-0.1, -0.05) is 25.0 Å². The van der Waals surface area contributed by atoms with Crippen LogP contribution in [0.4, 0.5) is 4.39 Å². The van der Waals surface area contributed by atoms with Gasteiger partial charge in [-0.05, 0) is 74.0 Å². The van der Waals surface area contributed by atoms with Crippen LogP contribution in [0.25, 0.3) is 0 Å². The highest BCUT2D eigenvalue weighted by molar-refractivity contribution is 5.29. The first-order valence-electron chi connectivity index (χ1n) is 9.04. The number of aliphatic hydroxyl groups is 1. The number of hydrogen-bond acceptors (Lipinski definition) is 1. The largest absolute Gasteiger partial charge is 0.393 e. The first-order valence-corrected chi connectivity index (χ1v) is 9.04. The summed E-state index contributed by atoms with van der Waals surface area (Å²) in [7, 11) is 0. The van der Waals surface area contributed by atoms with Gasteiger partial charge in [-0.2, -0.15) is 0 Å². The molecular weight excluding hydrogens is 263 g/mol. The zero-order valence-corrected chi connectivity index (χ0v) is 13.4. The molecule has 2 fully saturated rings. The van der Waals surface area contributed by atoms with E-state index in [-0.39, 0.29) is 11.5 Å². The van der Waals surface area contributed by atoms with Crippen LogP contribution in [0.5, 0.6) is 0 Å². The smallest absolute Gasteiger partial charge is 0.104 e. The van der Waals surface area contributed by atoms with Gasteiger partial charge < -0.3 is 5.11 Å². The van der Waals surface area contributed by atoms with Gasteiger partial charge in [0, 0.05) is 6.42 Å². The van der Waals surface area contributed by atoms with Crippen LogP contribution in [0, 0.1) is 29.1 Å². The molecule has 4 rings (SSSR count). The summed E-state index contributed by atoms with van der Waals surface area (Å²) in [6.45, 7) is 4.65. The summed E-state index contributed by atoms with van der Waals surface area (Å²) >= 11 is 0. The fourth-order valence-electron chi connectivity index (χ4n) is 6.46. The van der Waals surface area contributed by atoms with Gasteiger partial charge in [0.1, 0.15) is 6.17 Å². The van der Waals surface area contributed by atoms with E-state index in [4.69, 9.17) is 0 Å². The number of rotatable bonds is 0. The van der Waals surface area contributed by atoms with Crippen molar-refractivity contribution in [2.45, 2.75) is 77.5 Å². The molecule has 0 saturated heterocycles. The first-order chi connectivity index (χ1) is 10.0. The lowest BCUT2D eigenvalue weighted by molar-refractivity contribution is -0.0360. The number of allylic oxidation sites excluding steroid dienone is 2. The Morgan fingerprint density at radius 2 is 1.95 bits per heavy atom. The molecule has 118 valence electrons. The summed E-state index contributed by atoms with van der Waals surface area (Å²) in [4.78, 5) is 0. The minimum atomic E-state index is -0.593. The standard InChI is InChI=1S/C19H29FO/c1-11-9-16-14(13-4-3-12(20)10-15(11)13)7-8-19(2)17(16)5-6-18(19)21/h11-12,14,16-18,21H,3-10H2,1-2H3/t11-,12-,14-,16-,17+,18+,19+/m1/s1. The van der Waals surface area contributed by atoms with Crippen LogP contribution in [0.3, 0.4) is 0 Å². The summed E-state index contributed by atoms with van der Waals surface area (Å²) in [5, 5.41) is 10.4. The van der Waals surface area contributed by atoms with E-state index in [1.165, 1.54) is 31.3 Å². The van der Waals surface area contributed by atoms with Crippen LogP contribution in [-0.4, -0.2) is 17.4 Å². The highest BCUT2D eigenvalue weighted by Crippen LogP contribution is 2.61. The predicted molar refractivity (Wildman–Crippen MR) is 82.6 cm³/mol. The van der Waals surface area contributed by atoms with E-state index < -0.39 is 6.17 Å². The van der Waals surface area contributed by atoms with Crippen molar-refractivity contribution in [1.82, 2.24) is 0 Å². The third-order valence-electron chi connectivity index (χ3n) is 7.64. The number of alkyl halides is 1. The van der Waals surface area contributed by atoms with Crippen molar-refractivity contribution in [2.75, 3.05) is 0 Å². The van der Waals surface area contributed by atoms with Crippen molar-refractivity contribution in [2.24, 2.45) is 29.1 Å². The Morgan fingerprint density at radius 3 is 2.76 bits per heavy atom. The van der Waals surface area contributed by atoms with Crippen LogP contribution in [-0.2, 0) is 0 Å². The lowest BCUT2D eigenvalue weighted by Crippen LogP contribution is -2.46. The normalized spacial score (nSPS) is 53.1. The van der Waals surface area contributed by atoms with E-state index >= 15 is 0 Å². The fraction of sp³-hybridized carbons (Fsp3) is 0.895. The topological polar surface area (TPSA) is 20.2 Å². The molecule has 2 saturated carbocycles. The number of aliphatic hydroxyl groups excluding tert-OH is 1. The number of hydrogen-bond donors (Lipinski definition) is 1. The molecule has 0 aromatic rings. The van der Waals surface area contributed by atoms with Gasteiger partial charge in [-0.25, -0.2) is 4.39 Å². The molecule has 4 aliphatic carbocycles. The summed E-state index contributed by atoms with van der Waals surface area (Å²) < 4.78 is 13.8. The monoisotopic (exact) mass is 292 g/mol. The quantitative estimate of drug-likeness (QED) is 0.644. The molecule has 0 bridgehead atoms. The Balaban J connectivity index is 1.68. The molecule has 0 aromatic carbocycles. The average molecular weight is 292 g/mol. The molecule has 21 heavy (non-hydrogen) atoms. The van der Waals surface area contributed by atoms with Crippen molar-refractivity contribution in [1.29, 1.82) is 0 Å². The lowest BCUT2D eigenvalue weighted by Gasteiger charge is -2.53. The second-order valence-electron chi connectivity index (χ2n) is 8.54. The Hall–Kier alpha value is -0.370. The molecule has 4 aliphatic rings. The maximum Gasteiger partial charge on any atom is 0.104 e. The van der Waals surface area contributed by atoms with Crippen LogP contribution in [0.1, 0.15) is 65.2 Å². The van der Waals surface area contributed by atoms with E-state index in [2.05, 4.69) is 13.8 Å². The molecule has 0 spiro atoms. The number of fused-ring (bicyclic) bond motifs is 4. The minimum absolute atomic E-state index is 0.0873. The van der Waals surface area contributed by atoms with Gasteiger partial charge in [0.25, 0.3) is 0 Å². The van der Waals surface area contributed by atoms with E-state index in [9.17, 15) is 9.50 Å². The Labute approximate surface area is 128 Å². The molecule has 0 radical (unpaired) electrons. The lowest BCUT2D eigenvalue weighted by atomic mass is 9.53. The summed E-state index contributed by atoms with van der Waals surface area (Å²) in [6.07, 6.45) is 7.64. The SMILES string of the molecule is C[C@@H]1C[C@@H]2[C@H](CC[C@]3(C)[C@@H](O)CC[C@@H]23)C2=C1C[C@H](F)CC2. The molecular formula is C19H29FO. The van der Waals surface area contributed by atoms with Crippen LogP contribution in [0.15, 0.2) is 11.1 Å². The second kappa shape index (κ2) is 4.81. The molecule has 1 N–H and O–H groups in total. The van der Waals surface area contributed by atoms with Gasteiger partial charge in [0.15, 0.2) is 0 Å². The second-order valence-corrected chi connectivity index (χ2v) is 8.54. The minimum Gasteiger partial charge on any atom is -0.393 e. The Bertz CT molecular complexity index is 470. The van der Waals surface area contributed by atoms with Crippen molar-refractivity contribution < 1.29 is 9.50 Å².